The van der Waals surface area contributed by atoms with Crippen molar-refractivity contribution < 1.29 is 19.4 Å². The summed E-state index contributed by atoms with van der Waals surface area (Å²) in [5.74, 6) is -1.32. The summed E-state index contributed by atoms with van der Waals surface area (Å²) < 4.78 is 13.3. The highest BCUT2D eigenvalue weighted by atomic mass is 19.1. The number of halogens is 1. The number of ketones is 1. The number of phenolic OH excluding ortho intramolecular Hbond substituents is 2. The summed E-state index contributed by atoms with van der Waals surface area (Å²) in [5, 5.41) is 18.8. The Morgan fingerprint density at radius 2 is 1.84 bits per heavy atom. The molecule has 2 aromatic carbocycles. The average molecular weight is 258 g/mol. The molecule has 0 aliphatic carbocycles. The van der Waals surface area contributed by atoms with Gasteiger partial charge in [0.1, 0.15) is 17.3 Å². The predicted octanol–water partition coefficient (Wildman–Crippen LogP) is 3.13. The second kappa shape index (κ2) is 5.35. The number of carbonyl (C=O) groups is 1. The number of allylic oxidation sites excluding steroid dienone is 1. The minimum atomic E-state index is -0.517. The van der Waals surface area contributed by atoms with Gasteiger partial charge in [-0.25, -0.2) is 4.39 Å². The molecular weight excluding hydrogens is 247 g/mol. The molecule has 2 N–H and O–H groups in total. The van der Waals surface area contributed by atoms with Gasteiger partial charge < -0.3 is 10.2 Å². The smallest absolute Gasteiger partial charge is 0.189 e. The molecule has 19 heavy (non-hydrogen) atoms. The van der Waals surface area contributed by atoms with Crippen molar-refractivity contribution in [3.05, 3.63) is 65.5 Å². The van der Waals surface area contributed by atoms with Gasteiger partial charge in [-0.15, -0.1) is 0 Å². The van der Waals surface area contributed by atoms with Crippen molar-refractivity contribution in [3.63, 3.8) is 0 Å². The first-order chi connectivity index (χ1) is 9.08. The normalized spacial score (nSPS) is 10.8. The third-order valence-corrected chi connectivity index (χ3v) is 2.57. The lowest BCUT2D eigenvalue weighted by molar-refractivity contribution is 0.104. The molecular formula is C15H11FO3. The van der Waals surface area contributed by atoms with Crippen molar-refractivity contribution in [1.82, 2.24) is 0 Å². The molecule has 0 amide bonds. The van der Waals surface area contributed by atoms with Crippen molar-refractivity contribution in [1.29, 1.82) is 0 Å². The lowest BCUT2D eigenvalue weighted by atomic mass is 10.1. The number of carbonyl (C=O) groups excluding carboxylic acids is 1. The van der Waals surface area contributed by atoms with Crippen molar-refractivity contribution in [3.8, 4) is 11.5 Å². The lowest BCUT2D eigenvalue weighted by Crippen LogP contribution is -1.94. The van der Waals surface area contributed by atoms with Crippen LogP contribution < -0.4 is 0 Å². The maximum atomic E-state index is 13.3. The van der Waals surface area contributed by atoms with Gasteiger partial charge in [0, 0.05) is 5.56 Å². The monoisotopic (exact) mass is 258 g/mol. The molecule has 0 aliphatic rings. The van der Waals surface area contributed by atoms with E-state index in [1.165, 1.54) is 30.3 Å². The van der Waals surface area contributed by atoms with E-state index in [0.29, 0.717) is 0 Å². The van der Waals surface area contributed by atoms with Gasteiger partial charge in [0.2, 0.25) is 0 Å². The minimum absolute atomic E-state index is 0.0346. The molecule has 0 saturated carbocycles. The molecule has 96 valence electrons. The summed E-state index contributed by atoms with van der Waals surface area (Å²) in [6.45, 7) is 0. The van der Waals surface area contributed by atoms with Crippen LogP contribution in [0.4, 0.5) is 4.39 Å². The number of aromatic hydroxyl groups is 2. The predicted molar refractivity (Wildman–Crippen MR) is 69.5 cm³/mol. The molecule has 0 saturated heterocycles. The number of rotatable bonds is 3. The Kier molecular flexibility index (Phi) is 3.61. The van der Waals surface area contributed by atoms with Gasteiger partial charge in [-0.3, -0.25) is 4.79 Å². The van der Waals surface area contributed by atoms with E-state index >= 15 is 0 Å². The van der Waals surface area contributed by atoms with Crippen LogP contribution in [0.1, 0.15) is 15.9 Å². The average Bonchev–Trinajstić information content (AvgIpc) is 2.40. The number of hydrogen-bond donors (Lipinski definition) is 2. The van der Waals surface area contributed by atoms with Gasteiger partial charge >= 0.3 is 0 Å². The Labute approximate surface area is 109 Å². The number of phenols is 2. The van der Waals surface area contributed by atoms with Crippen LogP contribution in [0.5, 0.6) is 11.5 Å². The summed E-state index contributed by atoms with van der Waals surface area (Å²) in [7, 11) is 0. The minimum Gasteiger partial charge on any atom is -0.508 e. The molecule has 0 spiro atoms. The molecule has 0 aliphatic heterocycles. The van der Waals surface area contributed by atoms with Gasteiger partial charge in [-0.1, -0.05) is 18.2 Å². The van der Waals surface area contributed by atoms with Crippen molar-refractivity contribution in [2.45, 2.75) is 0 Å². The van der Waals surface area contributed by atoms with Crippen LogP contribution >= 0.6 is 0 Å². The van der Waals surface area contributed by atoms with Gasteiger partial charge in [0.05, 0.1) is 5.56 Å². The van der Waals surface area contributed by atoms with E-state index in [1.54, 1.807) is 12.1 Å². The Hall–Kier alpha value is -2.62. The molecule has 3 nitrogen and oxygen atoms in total. The van der Waals surface area contributed by atoms with Gasteiger partial charge in [-0.2, -0.15) is 0 Å². The summed E-state index contributed by atoms with van der Waals surface area (Å²) >= 11 is 0. The SMILES string of the molecule is O=C(/C=C/c1ccccc1F)c1cc(O)ccc1O. The van der Waals surface area contributed by atoms with E-state index in [-0.39, 0.29) is 22.6 Å². The summed E-state index contributed by atoms with van der Waals surface area (Å²) in [4.78, 5) is 11.8. The topological polar surface area (TPSA) is 57.5 Å². The van der Waals surface area contributed by atoms with Crippen LogP contribution in [0.2, 0.25) is 0 Å². The van der Waals surface area contributed by atoms with Crippen LogP contribution in [0.3, 0.4) is 0 Å². The van der Waals surface area contributed by atoms with Crippen molar-refractivity contribution >= 4 is 11.9 Å². The molecule has 2 aromatic rings. The maximum absolute atomic E-state index is 13.3. The Morgan fingerprint density at radius 3 is 2.58 bits per heavy atom. The Morgan fingerprint density at radius 1 is 1.11 bits per heavy atom. The molecule has 0 bridgehead atoms. The van der Waals surface area contributed by atoms with Crippen LogP contribution in [0.25, 0.3) is 6.08 Å². The quantitative estimate of drug-likeness (QED) is 0.505. The number of hydrogen-bond acceptors (Lipinski definition) is 3. The van der Waals surface area contributed by atoms with Gasteiger partial charge in [-0.05, 0) is 36.4 Å². The largest absolute Gasteiger partial charge is 0.508 e. The fourth-order valence-corrected chi connectivity index (χ4v) is 1.59. The van der Waals surface area contributed by atoms with E-state index < -0.39 is 11.6 Å². The highest BCUT2D eigenvalue weighted by molar-refractivity contribution is 6.08. The van der Waals surface area contributed by atoms with Crippen LogP contribution in [0.15, 0.2) is 48.5 Å². The molecule has 0 atom stereocenters. The molecule has 0 fully saturated rings. The fraction of sp³-hybridized carbons (Fsp3) is 0. The highest BCUT2D eigenvalue weighted by Crippen LogP contribution is 2.23. The molecule has 0 heterocycles. The summed E-state index contributed by atoms with van der Waals surface area (Å²) in [6.07, 6.45) is 2.47. The van der Waals surface area contributed by atoms with Crippen LogP contribution in [-0.2, 0) is 0 Å². The van der Waals surface area contributed by atoms with E-state index in [4.69, 9.17) is 0 Å². The van der Waals surface area contributed by atoms with Gasteiger partial charge in [0.15, 0.2) is 5.78 Å². The first-order valence-electron chi connectivity index (χ1n) is 5.57. The van der Waals surface area contributed by atoms with Crippen LogP contribution in [0, 0.1) is 5.82 Å². The third kappa shape index (κ3) is 2.98. The standard InChI is InChI=1S/C15H11FO3/c16-13-4-2-1-3-10(13)5-7-14(18)12-9-11(17)6-8-15(12)19/h1-9,17,19H/b7-5+. The van der Waals surface area contributed by atoms with E-state index in [0.717, 1.165) is 12.1 Å². The number of benzene rings is 2. The molecule has 2 rings (SSSR count). The zero-order chi connectivity index (χ0) is 13.8. The molecule has 0 unspecified atom stereocenters. The Balaban J connectivity index is 2.26. The first-order valence-corrected chi connectivity index (χ1v) is 5.57. The molecule has 4 heteroatoms. The Bertz CT molecular complexity index is 648. The highest BCUT2D eigenvalue weighted by Gasteiger charge is 2.09. The van der Waals surface area contributed by atoms with Crippen molar-refractivity contribution in [2.75, 3.05) is 0 Å². The summed E-state index contributed by atoms with van der Waals surface area (Å²) in [6, 6.07) is 9.67. The molecule has 0 radical (unpaired) electrons. The second-order valence-corrected chi connectivity index (χ2v) is 3.92. The fourth-order valence-electron chi connectivity index (χ4n) is 1.59. The van der Waals surface area contributed by atoms with E-state index in [1.807, 2.05) is 0 Å². The maximum Gasteiger partial charge on any atom is 0.189 e. The van der Waals surface area contributed by atoms with E-state index in [9.17, 15) is 19.4 Å². The molecule has 0 aromatic heterocycles. The third-order valence-electron chi connectivity index (χ3n) is 2.57. The van der Waals surface area contributed by atoms with Gasteiger partial charge in [0.25, 0.3) is 0 Å². The van der Waals surface area contributed by atoms with Crippen molar-refractivity contribution in [2.24, 2.45) is 0 Å². The van der Waals surface area contributed by atoms with E-state index in [2.05, 4.69) is 0 Å². The first kappa shape index (κ1) is 12.8. The second-order valence-electron chi connectivity index (χ2n) is 3.92. The van der Waals surface area contributed by atoms with Crippen LogP contribution in [-0.4, -0.2) is 16.0 Å². The zero-order valence-corrected chi connectivity index (χ0v) is 9.88. The lowest BCUT2D eigenvalue weighted by Gasteiger charge is -2.01. The summed E-state index contributed by atoms with van der Waals surface area (Å²) in [5.41, 5.74) is 0.239. The zero-order valence-electron chi connectivity index (χ0n) is 9.88.